The second-order valence-corrected chi connectivity index (χ2v) is 6.69. The van der Waals surface area contributed by atoms with E-state index < -0.39 is 5.97 Å². The summed E-state index contributed by atoms with van der Waals surface area (Å²) in [5.41, 5.74) is 2.17. The number of hydrogen-bond acceptors (Lipinski definition) is 5. The second kappa shape index (κ2) is 7.53. The van der Waals surface area contributed by atoms with Crippen molar-refractivity contribution in [1.29, 1.82) is 5.26 Å². The summed E-state index contributed by atoms with van der Waals surface area (Å²) in [5.74, 6) is 0.0710. The Bertz CT molecular complexity index is 1400. The van der Waals surface area contributed by atoms with E-state index in [1.807, 2.05) is 19.1 Å². The molecule has 2 aromatic carbocycles. The first-order valence-electron chi connectivity index (χ1n) is 9.01. The number of nitriles is 1. The molecule has 2 N–H and O–H groups in total. The van der Waals surface area contributed by atoms with E-state index in [0.717, 1.165) is 5.56 Å². The molecule has 0 aliphatic heterocycles. The third kappa shape index (κ3) is 3.62. The summed E-state index contributed by atoms with van der Waals surface area (Å²) < 4.78 is 5.77. The van der Waals surface area contributed by atoms with Crippen molar-refractivity contribution >= 4 is 28.5 Å². The minimum absolute atomic E-state index is 0.151. The number of aromatic amines is 1. The van der Waals surface area contributed by atoms with Gasteiger partial charge in [-0.2, -0.15) is 5.26 Å². The maximum Gasteiger partial charge on any atom is 0.335 e. The van der Waals surface area contributed by atoms with Gasteiger partial charge in [0.15, 0.2) is 5.82 Å². The fourth-order valence-electron chi connectivity index (χ4n) is 3.04. The number of benzene rings is 2. The SMILES string of the molecule is Cc1ccc2c(=O)[nH]c(C(C#N)=Cc3ccc(-c4ccc(C(=O)O)cc4)o3)nc2c1. The van der Waals surface area contributed by atoms with E-state index in [1.165, 1.54) is 18.2 Å². The highest BCUT2D eigenvalue weighted by Gasteiger charge is 2.11. The third-order valence-corrected chi connectivity index (χ3v) is 4.57. The molecule has 2 aromatic heterocycles. The number of carboxylic acids is 1. The van der Waals surface area contributed by atoms with Gasteiger partial charge in [-0.05, 0) is 48.9 Å². The molecule has 2 heterocycles. The Morgan fingerprint density at radius 3 is 2.63 bits per heavy atom. The van der Waals surface area contributed by atoms with Crippen LogP contribution in [0.3, 0.4) is 0 Å². The molecule has 0 amide bonds. The molecular formula is C23H15N3O4. The maximum absolute atomic E-state index is 12.4. The van der Waals surface area contributed by atoms with Crippen LogP contribution >= 0.6 is 0 Å². The molecule has 4 aromatic rings. The van der Waals surface area contributed by atoms with Crippen molar-refractivity contribution in [2.45, 2.75) is 6.92 Å². The number of carboxylic acid groups (broad SMARTS) is 1. The van der Waals surface area contributed by atoms with Gasteiger partial charge in [0.05, 0.1) is 22.0 Å². The van der Waals surface area contributed by atoms with Crippen molar-refractivity contribution < 1.29 is 14.3 Å². The Morgan fingerprint density at radius 2 is 1.93 bits per heavy atom. The highest BCUT2D eigenvalue weighted by molar-refractivity contribution is 5.89. The number of allylic oxidation sites excluding steroid dienone is 1. The fourth-order valence-corrected chi connectivity index (χ4v) is 3.04. The van der Waals surface area contributed by atoms with E-state index in [1.54, 1.807) is 36.4 Å². The van der Waals surface area contributed by atoms with E-state index in [-0.39, 0.29) is 22.5 Å². The zero-order chi connectivity index (χ0) is 21.3. The first kappa shape index (κ1) is 18.9. The molecule has 7 nitrogen and oxygen atoms in total. The van der Waals surface area contributed by atoms with Gasteiger partial charge >= 0.3 is 5.97 Å². The Labute approximate surface area is 170 Å². The molecule has 0 spiro atoms. The first-order chi connectivity index (χ1) is 14.4. The van der Waals surface area contributed by atoms with Crippen molar-refractivity contribution in [3.05, 3.63) is 87.7 Å². The number of nitrogens with zero attached hydrogens (tertiary/aromatic N) is 2. The van der Waals surface area contributed by atoms with Crippen molar-refractivity contribution in [3.8, 4) is 17.4 Å². The number of aryl methyl sites for hydroxylation is 1. The molecule has 0 aliphatic carbocycles. The zero-order valence-electron chi connectivity index (χ0n) is 15.8. The van der Waals surface area contributed by atoms with E-state index in [9.17, 15) is 14.9 Å². The predicted molar refractivity (Wildman–Crippen MR) is 112 cm³/mol. The van der Waals surface area contributed by atoms with Gasteiger partial charge in [-0.3, -0.25) is 4.79 Å². The molecular weight excluding hydrogens is 382 g/mol. The van der Waals surface area contributed by atoms with Gasteiger partial charge in [0.1, 0.15) is 17.6 Å². The summed E-state index contributed by atoms with van der Waals surface area (Å²) in [4.78, 5) is 30.4. The van der Waals surface area contributed by atoms with Crippen LogP contribution in [0.2, 0.25) is 0 Å². The monoisotopic (exact) mass is 397 g/mol. The highest BCUT2D eigenvalue weighted by atomic mass is 16.4. The van der Waals surface area contributed by atoms with E-state index in [2.05, 4.69) is 9.97 Å². The smallest absolute Gasteiger partial charge is 0.335 e. The van der Waals surface area contributed by atoms with E-state index in [4.69, 9.17) is 9.52 Å². The lowest BCUT2D eigenvalue weighted by Gasteiger charge is -2.02. The minimum atomic E-state index is -1.00. The van der Waals surface area contributed by atoms with Crippen LogP contribution in [-0.2, 0) is 0 Å². The van der Waals surface area contributed by atoms with Gasteiger partial charge < -0.3 is 14.5 Å². The highest BCUT2D eigenvalue weighted by Crippen LogP contribution is 2.25. The zero-order valence-corrected chi connectivity index (χ0v) is 15.8. The van der Waals surface area contributed by atoms with Crippen LogP contribution in [-0.4, -0.2) is 21.0 Å². The van der Waals surface area contributed by atoms with Crippen molar-refractivity contribution in [1.82, 2.24) is 9.97 Å². The Balaban J connectivity index is 1.70. The molecule has 4 rings (SSSR count). The van der Waals surface area contributed by atoms with Gasteiger partial charge in [-0.15, -0.1) is 0 Å². The molecule has 0 unspecified atom stereocenters. The fraction of sp³-hybridized carbons (Fsp3) is 0.0435. The second-order valence-electron chi connectivity index (χ2n) is 6.69. The average Bonchev–Trinajstić information content (AvgIpc) is 3.20. The Hall–Kier alpha value is -4.44. The van der Waals surface area contributed by atoms with Crippen LogP contribution in [0.15, 0.2) is 63.8 Å². The number of aromatic carboxylic acids is 1. The lowest BCUT2D eigenvalue weighted by Crippen LogP contribution is -2.11. The molecule has 0 saturated heterocycles. The van der Waals surface area contributed by atoms with Crippen molar-refractivity contribution in [2.75, 3.05) is 0 Å². The quantitative estimate of drug-likeness (QED) is 0.497. The number of hydrogen-bond donors (Lipinski definition) is 2. The summed E-state index contributed by atoms with van der Waals surface area (Å²) in [6.07, 6.45) is 1.50. The van der Waals surface area contributed by atoms with Crippen LogP contribution in [0.5, 0.6) is 0 Å². The van der Waals surface area contributed by atoms with E-state index in [0.29, 0.717) is 28.0 Å². The number of furan rings is 1. The topological polar surface area (TPSA) is 120 Å². The van der Waals surface area contributed by atoms with Crippen molar-refractivity contribution in [3.63, 3.8) is 0 Å². The van der Waals surface area contributed by atoms with Crippen molar-refractivity contribution in [2.24, 2.45) is 0 Å². The van der Waals surface area contributed by atoms with Gasteiger partial charge in [0.2, 0.25) is 0 Å². The molecule has 0 bridgehead atoms. The molecule has 146 valence electrons. The molecule has 30 heavy (non-hydrogen) atoms. The molecule has 7 heteroatoms. The van der Waals surface area contributed by atoms with Gasteiger partial charge in [-0.1, -0.05) is 18.2 Å². The molecule has 0 atom stereocenters. The lowest BCUT2D eigenvalue weighted by atomic mass is 10.1. The molecule has 0 aliphatic rings. The van der Waals surface area contributed by atoms with Crippen LogP contribution < -0.4 is 5.56 Å². The number of nitrogens with one attached hydrogen (secondary N) is 1. The normalized spacial score (nSPS) is 11.4. The largest absolute Gasteiger partial charge is 0.478 e. The summed E-state index contributed by atoms with van der Waals surface area (Å²) in [6.45, 7) is 1.90. The number of H-pyrrole nitrogens is 1. The summed E-state index contributed by atoms with van der Waals surface area (Å²) >= 11 is 0. The standard InChI is InChI=1S/C23H15N3O4/c1-13-2-8-18-19(10-13)25-21(26-22(18)27)16(12-24)11-17-7-9-20(30-17)14-3-5-15(6-4-14)23(28)29/h2-11H,1H3,(H,28,29)(H,25,26,27). The Morgan fingerprint density at radius 1 is 1.17 bits per heavy atom. The molecule has 0 radical (unpaired) electrons. The van der Waals surface area contributed by atoms with Crippen LogP contribution in [0, 0.1) is 18.3 Å². The average molecular weight is 397 g/mol. The van der Waals surface area contributed by atoms with Gasteiger partial charge in [0.25, 0.3) is 5.56 Å². The maximum atomic E-state index is 12.4. The van der Waals surface area contributed by atoms with Gasteiger partial charge in [0, 0.05) is 11.6 Å². The summed E-state index contributed by atoms with van der Waals surface area (Å²) in [6, 6.07) is 17.0. The Kier molecular flexibility index (Phi) is 4.74. The van der Waals surface area contributed by atoms with Crippen LogP contribution in [0.4, 0.5) is 0 Å². The number of rotatable bonds is 4. The number of fused-ring (bicyclic) bond motifs is 1. The summed E-state index contributed by atoms with van der Waals surface area (Å²) in [5, 5.41) is 19.0. The lowest BCUT2D eigenvalue weighted by molar-refractivity contribution is 0.0697. The third-order valence-electron chi connectivity index (χ3n) is 4.57. The van der Waals surface area contributed by atoms with Crippen LogP contribution in [0.1, 0.15) is 27.5 Å². The number of aromatic nitrogens is 2. The van der Waals surface area contributed by atoms with E-state index >= 15 is 0 Å². The number of carbonyl (C=O) groups is 1. The minimum Gasteiger partial charge on any atom is -0.478 e. The predicted octanol–water partition coefficient (Wildman–Crippen LogP) is 4.25. The first-order valence-corrected chi connectivity index (χ1v) is 9.01. The van der Waals surface area contributed by atoms with Gasteiger partial charge in [-0.25, -0.2) is 9.78 Å². The van der Waals surface area contributed by atoms with Crippen LogP contribution in [0.25, 0.3) is 33.9 Å². The summed E-state index contributed by atoms with van der Waals surface area (Å²) in [7, 11) is 0. The molecule has 0 fully saturated rings. The molecule has 0 saturated carbocycles.